The molecule has 0 atom stereocenters. The molecular weight excluding hydrogens is 306 g/mol. The minimum atomic E-state index is 0.539. The van der Waals surface area contributed by atoms with Crippen molar-refractivity contribution in [3.05, 3.63) is 47.4 Å². The molecule has 0 amide bonds. The monoisotopic (exact) mass is 331 g/mol. The average molecular weight is 331 g/mol. The summed E-state index contributed by atoms with van der Waals surface area (Å²) in [6.07, 6.45) is 0. The molecule has 130 valence electrons. The summed E-state index contributed by atoms with van der Waals surface area (Å²) in [7, 11) is 3.39. The summed E-state index contributed by atoms with van der Waals surface area (Å²) >= 11 is 0. The second-order valence-electron chi connectivity index (χ2n) is 5.32. The Morgan fingerprint density at radius 1 is 1.12 bits per heavy atom. The second-order valence-corrected chi connectivity index (χ2v) is 5.32. The fourth-order valence-electron chi connectivity index (χ4n) is 2.27. The molecule has 0 bridgehead atoms. The van der Waals surface area contributed by atoms with Crippen LogP contribution in [0.2, 0.25) is 0 Å². The lowest BCUT2D eigenvalue weighted by molar-refractivity contribution is 0.321. The van der Waals surface area contributed by atoms with Gasteiger partial charge >= 0.3 is 0 Å². The van der Waals surface area contributed by atoms with E-state index in [9.17, 15) is 0 Å². The van der Waals surface area contributed by atoms with E-state index in [1.165, 1.54) is 0 Å². The zero-order valence-corrected chi connectivity index (χ0v) is 14.7. The van der Waals surface area contributed by atoms with Crippen molar-refractivity contribution in [1.29, 1.82) is 0 Å². The highest BCUT2D eigenvalue weighted by molar-refractivity contribution is 5.79. The largest absolute Gasteiger partial charge is 0.497 e. The Morgan fingerprint density at radius 3 is 2.42 bits per heavy atom. The standard InChI is InChI=1S/C18H25N3O3/c1-13-11-15(14(2)24-13)12-21-18(19-3)20-9-10-23-17-7-5-16(22-4)6-8-17/h5-8,11H,9-10,12H2,1-4H3,(H2,19,20,21). The lowest BCUT2D eigenvalue weighted by Gasteiger charge is -2.12. The lowest BCUT2D eigenvalue weighted by atomic mass is 10.2. The van der Waals surface area contributed by atoms with Crippen LogP contribution in [0.25, 0.3) is 0 Å². The highest BCUT2D eigenvalue weighted by Crippen LogP contribution is 2.16. The highest BCUT2D eigenvalue weighted by atomic mass is 16.5. The first-order chi connectivity index (χ1) is 11.6. The van der Waals surface area contributed by atoms with Crippen LogP contribution in [0, 0.1) is 13.8 Å². The summed E-state index contributed by atoms with van der Waals surface area (Å²) in [5, 5.41) is 6.48. The van der Waals surface area contributed by atoms with Crippen molar-refractivity contribution in [3.8, 4) is 11.5 Å². The van der Waals surface area contributed by atoms with Gasteiger partial charge in [-0.05, 0) is 44.2 Å². The van der Waals surface area contributed by atoms with E-state index in [0.29, 0.717) is 19.7 Å². The third kappa shape index (κ3) is 5.22. The Labute approximate surface area is 142 Å². The molecule has 0 aliphatic rings. The van der Waals surface area contributed by atoms with Gasteiger partial charge in [0.25, 0.3) is 0 Å². The number of benzene rings is 1. The van der Waals surface area contributed by atoms with E-state index in [1.54, 1.807) is 14.2 Å². The van der Waals surface area contributed by atoms with Gasteiger partial charge in [0, 0.05) is 19.2 Å². The van der Waals surface area contributed by atoms with Crippen molar-refractivity contribution in [2.75, 3.05) is 27.3 Å². The molecule has 1 heterocycles. The van der Waals surface area contributed by atoms with Gasteiger partial charge in [0.05, 0.1) is 13.7 Å². The normalized spacial score (nSPS) is 11.2. The number of aryl methyl sites for hydroxylation is 2. The molecule has 0 unspecified atom stereocenters. The molecule has 2 rings (SSSR count). The van der Waals surface area contributed by atoms with Gasteiger partial charge in [-0.1, -0.05) is 0 Å². The maximum absolute atomic E-state index is 5.67. The number of aliphatic imine (C=N–C) groups is 1. The van der Waals surface area contributed by atoms with Crippen LogP contribution < -0.4 is 20.1 Å². The Hall–Kier alpha value is -2.63. The summed E-state index contributed by atoms with van der Waals surface area (Å²) in [6, 6.07) is 9.55. The van der Waals surface area contributed by atoms with Crippen molar-refractivity contribution in [2.45, 2.75) is 20.4 Å². The molecule has 0 aliphatic carbocycles. The zero-order chi connectivity index (χ0) is 17.4. The van der Waals surface area contributed by atoms with Crippen LogP contribution in [0.15, 0.2) is 39.7 Å². The predicted molar refractivity (Wildman–Crippen MR) is 94.9 cm³/mol. The van der Waals surface area contributed by atoms with E-state index in [4.69, 9.17) is 13.9 Å². The van der Waals surface area contributed by atoms with Crippen molar-refractivity contribution < 1.29 is 13.9 Å². The highest BCUT2D eigenvalue weighted by Gasteiger charge is 2.05. The van der Waals surface area contributed by atoms with Crippen LogP contribution in [0.3, 0.4) is 0 Å². The number of nitrogens with zero attached hydrogens (tertiary/aromatic N) is 1. The lowest BCUT2D eigenvalue weighted by Crippen LogP contribution is -2.38. The number of ether oxygens (including phenoxy) is 2. The molecule has 24 heavy (non-hydrogen) atoms. The van der Waals surface area contributed by atoms with Crippen molar-refractivity contribution in [3.63, 3.8) is 0 Å². The van der Waals surface area contributed by atoms with Crippen LogP contribution in [0.5, 0.6) is 11.5 Å². The first kappa shape index (κ1) is 17.7. The first-order valence-corrected chi connectivity index (χ1v) is 7.89. The number of hydrogen-bond donors (Lipinski definition) is 2. The molecule has 6 nitrogen and oxygen atoms in total. The van der Waals surface area contributed by atoms with Crippen LogP contribution >= 0.6 is 0 Å². The minimum Gasteiger partial charge on any atom is -0.497 e. The summed E-state index contributed by atoms with van der Waals surface area (Å²) in [6.45, 7) is 5.76. The van der Waals surface area contributed by atoms with Gasteiger partial charge in [0.2, 0.25) is 0 Å². The van der Waals surface area contributed by atoms with Crippen LogP contribution in [-0.4, -0.2) is 33.3 Å². The Morgan fingerprint density at radius 2 is 1.83 bits per heavy atom. The molecule has 2 N–H and O–H groups in total. The van der Waals surface area contributed by atoms with Crippen LogP contribution in [0.4, 0.5) is 0 Å². The van der Waals surface area contributed by atoms with Gasteiger partial charge in [-0.2, -0.15) is 0 Å². The number of hydrogen-bond acceptors (Lipinski definition) is 4. The Kier molecular flexibility index (Phi) is 6.54. The number of nitrogens with one attached hydrogen (secondary N) is 2. The smallest absolute Gasteiger partial charge is 0.191 e. The topological polar surface area (TPSA) is 68.0 Å². The first-order valence-electron chi connectivity index (χ1n) is 7.89. The number of methoxy groups -OCH3 is 1. The summed E-state index contributed by atoms with van der Waals surface area (Å²) in [5.41, 5.74) is 1.13. The van der Waals surface area contributed by atoms with Gasteiger partial charge in [-0.15, -0.1) is 0 Å². The SMILES string of the molecule is CN=C(NCCOc1ccc(OC)cc1)NCc1cc(C)oc1C. The number of guanidine groups is 1. The third-order valence-corrected chi connectivity index (χ3v) is 3.54. The summed E-state index contributed by atoms with van der Waals surface area (Å²) < 4.78 is 16.3. The zero-order valence-electron chi connectivity index (χ0n) is 14.7. The summed E-state index contributed by atoms with van der Waals surface area (Å²) in [5.74, 6) is 4.20. The minimum absolute atomic E-state index is 0.539. The molecule has 1 aromatic carbocycles. The predicted octanol–water partition coefficient (Wildman–Crippen LogP) is 2.65. The van der Waals surface area contributed by atoms with E-state index in [2.05, 4.69) is 15.6 Å². The second kappa shape index (κ2) is 8.86. The maximum atomic E-state index is 5.67. The number of rotatable bonds is 7. The quantitative estimate of drug-likeness (QED) is 0.464. The molecular formula is C18H25N3O3. The molecule has 2 aromatic rings. The van der Waals surface area contributed by atoms with Gasteiger partial charge in [-0.25, -0.2) is 0 Å². The Balaban J connectivity index is 1.70. The maximum Gasteiger partial charge on any atom is 0.191 e. The molecule has 1 aromatic heterocycles. The van der Waals surface area contributed by atoms with E-state index < -0.39 is 0 Å². The van der Waals surface area contributed by atoms with Gasteiger partial charge < -0.3 is 24.5 Å². The molecule has 6 heteroatoms. The van der Waals surface area contributed by atoms with Crippen LogP contribution in [0.1, 0.15) is 17.1 Å². The van der Waals surface area contributed by atoms with E-state index in [-0.39, 0.29) is 0 Å². The molecule has 0 fully saturated rings. The average Bonchev–Trinajstić information content (AvgIpc) is 2.92. The third-order valence-electron chi connectivity index (χ3n) is 3.54. The molecule has 0 radical (unpaired) electrons. The van der Waals surface area contributed by atoms with Crippen molar-refractivity contribution in [2.24, 2.45) is 4.99 Å². The molecule has 0 spiro atoms. The summed E-state index contributed by atoms with van der Waals surface area (Å²) in [4.78, 5) is 4.20. The van der Waals surface area contributed by atoms with Gasteiger partial charge in [-0.3, -0.25) is 4.99 Å². The van der Waals surface area contributed by atoms with E-state index >= 15 is 0 Å². The fraction of sp³-hybridized carbons (Fsp3) is 0.389. The van der Waals surface area contributed by atoms with Gasteiger partial charge in [0.1, 0.15) is 29.6 Å². The van der Waals surface area contributed by atoms with E-state index in [1.807, 2.05) is 44.2 Å². The van der Waals surface area contributed by atoms with Crippen LogP contribution in [-0.2, 0) is 6.54 Å². The molecule has 0 aliphatic heterocycles. The fourth-order valence-corrected chi connectivity index (χ4v) is 2.27. The molecule has 0 saturated carbocycles. The van der Waals surface area contributed by atoms with Gasteiger partial charge in [0.15, 0.2) is 5.96 Å². The van der Waals surface area contributed by atoms with Crippen molar-refractivity contribution in [1.82, 2.24) is 10.6 Å². The Bertz CT molecular complexity index is 663. The molecule has 0 saturated heterocycles. The van der Waals surface area contributed by atoms with Crippen molar-refractivity contribution >= 4 is 5.96 Å². The van der Waals surface area contributed by atoms with E-state index in [0.717, 1.165) is 34.5 Å². The number of furan rings is 1.